The van der Waals surface area contributed by atoms with Crippen LogP contribution in [0.15, 0.2) is 46.2 Å². The van der Waals surface area contributed by atoms with Gasteiger partial charge in [-0.3, -0.25) is 0 Å². The Morgan fingerprint density at radius 3 is 1.86 bits per heavy atom. The molecule has 1 heterocycles. The molecule has 0 spiro atoms. The Kier molecular flexibility index (Phi) is 3.62. The van der Waals surface area contributed by atoms with Crippen LogP contribution in [0, 0.1) is 0 Å². The largest absolute Gasteiger partial charge is 0.249 e. The van der Waals surface area contributed by atoms with Crippen molar-refractivity contribution in [2.45, 2.75) is 49.1 Å². The van der Waals surface area contributed by atoms with Crippen molar-refractivity contribution in [3.05, 3.63) is 36.4 Å². The van der Waals surface area contributed by atoms with E-state index in [0.29, 0.717) is 0 Å². The second-order valence-electron chi connectivity index (χ2n) is 8.16. The van der Waals surface area contributed by atoms with Gasteiger partial charge in [-0.25, -0.2) is 4.21 Å². The normalized spacial score (nSPS) is 17.3. The third-order valence-electron chi connectivity index (χ3n) is 4.31. The molecule has 0 N–H and O–H groups in total. The first-order chi connectivity index (χ1) is 10.1. The minimum absolute atomic E-state index is 0.978. The molecule has 116 valence electrons. The van der Waals surface area contributed by atoms with Crippen LogP contribution in [0.2, 0.25) is 39.3 Å². The molecule has 0 aromatic heterocycles. The summed E-state index contributed by atoms with van der Waals surface area (Å²) >= 11 is 0. The fourth-order valence-electron chi connectivity index (χ4n) is 3.15. The molecule has 2 aromatic carbocycles. The van der Waals surface area contributed by atoms with Crippen molar-refractivity contribution in [1.82, 2.24) is 0 Å². The van der Waals surface area contributed by atoms with Gasteiger partial charge in [0.2, 0.25) is 0 Å². The highest BCUT2D eigenvalue weighted by Gasteiger charge is 2.33. The fourth-order valence-corrected chi connectivity index (χ4v) is 9.83. The van der Waals surface area contributed by atoms with Gasteiger partial charge in [0.1, 0.15) is 0 Å². The van der Waals surface area contributed by atoms with Gasteiger partial charge in [0.15, 0.2) is 0 Å². The van der Waals surface area contributed by atoms with Crippen LogP contribution < -0.4 is 10.4 Å². The lowest BCUT2D eigenvalue weighted by Gasteiger charge is -2.29. The minimum atomic E-state index is -1.46. The summed E-state index contributed by atoms with van der Waals surface area (Å²) in [6.07, 6.45) is 0. The maximum absolute atomic E-state index is 12.9. The summed E-state index contributed by atoms with van der Waals surface area (Å²) < 4.78 is 12.9. The highest BCUT2D eigenvalue weighted by atomic mass is 32.2. The number of rotatable bonds is 2. The third kappa shape index (κ3) is 2.47. The van der Waals surface area contributed by atoms with E-state index in [0.717, 1.165) is 15.4 Å². The molecule has 0 aliphatic carbocycles. The second-order valence-corrected chi connectivity index (χ2v) is 19.7. The van der Waals surface area contributed by atoms with Crippen molar-refractivity contribution in [2.75, 3.05) is 0 Å². The number of hydrogen-bond acceptors (Lipinski definition) is 1. The Bertz CT molecular complexity index is 783. The molecule has 1 atom stereocenters. The lowest BCUT2D eigenvalue weighted by molar-refractivity contribution is 0.685. The quantitative estimate of drug-likeness (QED) is 0.644. The molecular weight excluding hydrogens is 320 g/mol. The first-order valence-corrected chi connectivity index (χ1v) is 16.0. The average molecular weight is 345 g/mol. The van der Waals surface area contributed by atoms with Gasteiger partial charge in [-0.2, -0.15) is 0 Å². The summed E-state index contributed by atoms with van der Waals surface area (Å²) in [5, 5.41) is 3.06. The van der Waals surface area contributed by atoms with E-state index in [4.69, 9.17) is 0 Å². The Balaban J connectivity index is 2.35. The van der Waals surface area contributed by atoms with Crippen molar-refractivity contribution in [3.63, 3.8) is 0 Å². The van der Waals surface area contributed by atoms with Crippen molar-refractivity contribution in [3.8, 4) is 11.1 Å². The molecule has 0 saturated heterocycles. The zero-order valence-corrected chi connectivity index (χ0v) is 17.1. The van der Waals surface area contributed by atoms with E-state index in [2.05, 4.69) is 57.5 Å². The van der Waals surface area contributed by atoms with E-state index in [9.17, 15) is 4.21 Å². The predicted octanol–water partition coefficient (Wildman–Crippen LogP) is 3.92. The molecule has 1 nitrogen and oxygen atoms in total. The lowest BCUT2D eigenvalue weighted by atomic mass is 10.1. The van der Waals surface area contributed by atoms with Crippen LogP contribution in [0.4, 0.5) is 0 Å². The van der Waals surface area contributed by atoms with Crippen molar-refractivity contribution in [2.24, 2.45) is 0 Å². The van der Waals surface area contributed by atoms with E-state index >= 15 is 0 Å². The van der Waals surface area contributed by atoms with Crippen LogP contribution in [-0.2, 0) is 10.8 Å². The molecule has 1 unspecified atom stereocenters. The molecule has 22 heavy (non-hydrogen) atoms. The van der Waals surface area contributed by atoms with E-state index in [1.807, 2.05) is 18.2 Å². The average Bonchev–Trinajstić information content (AvgIpc) is 2.70. The van der Waals surface area contributed by atoms with Gasteiger partial charge in [0.25, 0.3) is 0 Å². The van der Waals surface area contributed by atoms with Crippen molar-refractivity contribution >= 4 is 37.3 Å². The summed E-state index contributed by atoms with van der Waals surface area (Å²) in [5.74, 6) is 0. The standard InChI is InChI=1S/C18H24OSSi2/c1-21(2,3)17-11-14-13-9-7-8-10-15(13)20(19)16(14)12-18(17)22(4,5)6/h7-12H,1-6H3. The van der Waals surface area contributed by atoms with Crippen LogP contribution in [0.25, 0.3) is 11.1 Å². The Morgan fingerprint density at radius 1 is 0.727 bits per heavy atom. The topological polar surface area (TPSA) is 17.1 Å². The monoisotopic (exact) mass is 344 g/mol. The maximum atomic E-state index is 12.9. The van der Waals surface area contributed by atoms with Crippen molar-refractivity contribution < 1.29 is 4.21 Å². The summed E-state index contributed by atoms with van der Waals surface area (Å²) in [4.78, 5) is 2.01. The van der Waals surface area contributed by atoms with Gasteiger partial charge < -0.3 is 0 Å². The van der Waals surface area contributed by atoms with Gasteiger partial charge in [0, 0.05) is 0 Å². The molecule has 0 bridgehead atoms. The second kappa shape index (κ2) is 5.01. The Morgan fingerprint density at radius 2 is 1.27 bits per heavy atom. The summed E-state index contributed by atoms with van der Waals surface area (Å²) in [6.45, 7) is 14.4. The van der Waals surface area contributed by atoms with E-state index < -0.39 is 26.9 Å². The molecule has 3 rings (SSSR count). The van der Waals surface area contributed by atoms with Crippen LogP contribution in [0.5, 0.6) is 0 Å². The smallest absolute Gasteiger partial charge is 0.0862 e. The molecule has 4 heteroatoms. The van der Waals surface area contributed by atoms with E-state index in [-0.39, 0.29) is 0 Å². The molecule has 1 aliphatic heterocycles. The minimum Gasteiger partial charge on any atom is -0.249 e. The highest BCUT2D eigenvalue weighted by molar-refractivity contribution is 7.85. The van der Waals surface area contributed by atoms with Crippen LogP contribution in [0.1, 0.15) is 0 Å². The van der Waals surface area contributed by atoms with Gasteiger partial charge in [-0.05, 0) is 23.3 Å². The first kappa shape index (κ1) is 15.9. The molecule has 2 aromatic rings. The summed E-state index contributed by atoms with van der Waals surface area (Å²) in [6, 6.07) is 12.8. The zero-order chi connectivity index (χ0) is 16.3. The maximum Gasteiger partial charge on any atom is 0.0862 e. The number of hydrogen-bond donors (Lipinski definition) is 0. The summed E-state index contributed by atoms with van der Waals surface area (Å²) in [7, 11) is -3.92. The molecule has 0 fully saturated rings. The molecule has 0 amide bonds. The van der Waals surface area contributed by atoms with Crippen LogP contribution in [-0.4, -0.2) is 20.4 Å². The fraction of sp³-hybridized carbons (Fsp3) is 0.333. The van der Waals surface area contributed by atoms with Gasteiger partial charge in [-0.15, -0.1) is 0 Å². The van der Waals surface area contributed by atoms with Crippen LogP contribution in [0.3, 0.4) is 0 Å². The van der Waals surface area contributed by atoms with Crippen molar-refractivity contribution in [1.29, 1.82) is 0 Å². The van der Waals surface area contributed by atoms with Crippen LogP contribution >= 0.6 is 0 Å². The SMILES string of the molecule is C[Si](C)(C)c1cc2c(cc1[Si](C)(C)C)S(=O)c1ccccc1-2. The highest BCUT2D eigenvalue weighted by Crippen LogP contribution is 2.40. The molecule has 0 radical (unpaired) electrons. The summed E-state index contributed by atoms with van der Waals surface area (Å²) in [5.41, 5.74) is 2.37. The number of benzene rings is 2. The van der Waals surface area contributed by atoms with Gasteiger partial charge >= 0.3 is 0 Å². The Labute approximate surface area is 138 Å². The first-order valence-electron chi connectivity index (χ1n) is 7.81. The molecule has 1 aliphatic rings. The number of fused-ring (bicyclic) bond motifs is 3. The zero-order valence-electron chi connectivity index (χ0n) is 14.3. The Hall–Kier alpha value is -0.976. The molecular formula is C18H24OSSi2. The third-order valence-corrected chi connectivity index (χ3v) is 10.1. The van der Waals surface area contributed by atoms with Gasteiger partial charge in [0.05, 0.1) is 36.7 Å². The molecule has 0 saturated carbocycles. The van der Waals surface area contributed by atoms with Gasteiger partial charge in [-0.1, -0.05) is 73.9 Å². The predicted molar refractivity (Wildman–Crippen MR) is 103 cm³/mol. The lowest BCUT2D eigenvalue weighted by Crippen LogP contribution is -2.56. The van der Waals surface area contributed by atoms with E-state index in [1.54, 1.807) is 5.19 Å². The van der Waals surface area contributed by atoms with E-state index in [1.165, 1.54) is 10.8 Å².